The molecule has 1 aromatic carbocycles. The zero-order valence-electron chi connectivity index (χ0n) is 12.6. The lowest BCUT2D eigenvalue weighted by Gasteiger charge is -2.30. The van der Waals surface area contributed by atoms with E-state index in [4.69, 9.17) is 0 Å². The number of phenolic OH excluding ortho intramolecular Hbond substituents is 2. The third kappa shape index (κ3) is 3.44. The van der Waals surface area contributed by atoms with Crippen molar-refractivity contribution in [2.24, 2.45) is 5.92 Å². The molecule has 1 aliphatic rings. The summed E-state index contributed by atoms with van der Waals surface area (Å²) < 4.78 is 0. The van der Waals surface area contributed by atoms with Crippen molar-refractivity contribution in [2.45, 2.75) is 46.0 Å². The summed E-state index contributed by atoms with van der Waals surface area (Å²) in [6, 6.07) is 4.94. The van der Waals surface area contributed by atoms with E-state index in [-0.39, 0.29) is 17.4 Å². The molecule has 2 unspecified atom stereocenters. The SMILES string of the molecule is CC(C)=CCC1CCC(C)=CC1c1ccc(O)cc1O. The Labute approximate surface area is 121 Å². The lowest BCUT2D eigenvalue weighted by Crippen LogP contribution is -2.15. The molecule has 0 radical (unpaired) electrons. The van der Waals surface area contributed by atoms with Gasteiger partial charge in [0.15, 0.2) is 0 Å². The normalized spacial score (nSPS) is 22.2. The van der Waals surface area contributed by atoms with E-state index in [9.17, 15) is 10.2 Å². The molecule has 2 nitrogen and oxygen atoms in total. The molecule has 2 atom stereocenters. The predicted octanol–water partition coefficient (Wildman–Crippen LogP) is 4.89. The maximum atomic E-state index is 10.1. The van der Waals surface area contributed by atoms with Gasteiger partial charge in [0.05, 0.1) is 0 Å². The summed E-state index contributed by atoms with van der Waals surface area (Å²) in [6.45, 7) is 6.40. The summed E-state index contributed by atoms with van der Waals surface area (Å²) in [5.74, 6) is 1.07. The fourth-order valence-corrected chi connectivity index (χ4v) is 2.93. The van der Waals surface area contributed by atoms with Crippen molar-refractivity contribution in [3.05, 3.63) is 47.1 Å². The van der Waals surface area contributed by atoms with E-state index >= 15 is 0 Å². The minimum atomic E-state index is 0.114. The minimum Gasteiger partial charge on any atom is -0.508 e. The first kappa shape index (κ1) is 14.7. The molecule has 0 saturated heterocycles. The molecule has 20 heavy (non-hydrogen) atoms. The van der Waals surface area contributed by atoms with Gasteiger partial charge in [0.1, 0.15) is 11.5 Å². The van der Waals surface area contributed by atoms with Gasteiger partial charge in [-0.3, -0.25) is 0 Å². The molecule has 0 spiro atoms. The smallest absolute Gasteiger partial charge is 0.123 e. The van der Waals surface area contributed by atoms with Crippen LogP contribution < -0.4 is 0 Å². The highest BCUT2D eigenvalue weighted by Crippen LogP contribution is 2.42. The van der Waals surface area contributed by atoms with Gasteiger partial charge >= 0.3 is 0 Å². The van der Waals surface area contributed by atoms with E-state index in [2.05, 4.69) is 32.9 Å². The quantitative estimate of drug-likeness (QED) is 0.769. The average molecular weight is 272 g/mol. The monoisotopic (exact) mass is 272 g/mol. The van der Waals surface area contributed by atoms with E-state index in [1.54, 1.807) is 6.07 Å². The zero-order chi connectivity index (χ0) is 14.7. The Morgan fingerprint density at radius 1 is 1.30 bits per heavy atom. The van der Waals surface area contributed by atoms with Crippen LogP contribution in [0.3, 0.4) is 0 Å². The minimum absolute atomic E-state index is 0.114. The van der Waals surface area contributed by atoms with Crippen molar-refractivity contribution in [2.75, 3.05) is 0 Å². The van der Waals surface area contributed by atoms with Crippen molar-refractivity contribution in [1.29, 1.82) is 0 Å². The molecule has 1 aromatic rings. The van der Waals surface area contributed by atoms with Crippen molar-refractivity contribution in [3.63, 3.8) is 0 Å². The summed E-state index contributed by atoms with van der Waals surface area (Å²) in [7, 11) is 0. The highest BCUT2D eigenvalue weighted by atomic mass is 16.3. The Bertz CT molecular complexity index is 536. The molecule has 0 heterocycles. The molecule has 1 aliphatic carbocycles. The Balaban J connectivity index is 2.32. The van der Waals surface area contributed by atoms with Crippen LogP contribution in [0.4, 0.5) is 0 Å². The third-order valence-corrected chi connectivity index (χ3v) is 4.08. The van der Waals surface area contributed by atoms with E-state index in [1.165, 1.54) is 17.2 Å². The van der Waals surface area contributed by atoms with Gasteiger partial charge in [0.25, 0.3) is 0 Å². The number of rotatable bonds is 3. The molecule has 2 heteroatoms. The standard InChI is InChI=1S/C18H24O2/c1-12(2)4-6-14-7-5-13(3)10-17(14)16-9-8-15(19)11-18(16)20/h4,8-11,14,17,19-20H,5-7H2,1-3H3. The molecular formula is C18H24O2. The lowest BCUT2D eigenvalue weighted by molar-refractivity contribution is 0.399. The van der Waals surface area contributed by atoms with Gasteiger partial charge in [0, 0.05) is 17.5 Å². The highest BCUT2D eigenvalue weighted by molar-refractivity contribution is 5.44. The summed E-state index contributed by atoms with van der Waals surface area (Å²) in [6.07, 6.45) is 7.88. The molecule has 0 aliphatic heterocycles. The van der Waals surface area contributed by atoms with Gasteiger partial charge in [-0.25, -0.2) is 0 Å². The van der Waals surface area contributed by atoms with Crippen LogP contribution in [-0.2, 0) is 0 Å². The largest absolute Gasteiger partial charge is 0.508 e. The van der Waals surface area contributed by atoms with Gasteiger partial charge in [-0.05, 0) is 52.0 Å². The fourth-order valence-electron chi connectivity index (χ4n) is 2.93. The number of benzene rings is 1. The Kier molecular flexibility index (Phi) is 4.53. The Morgan fingerprint density at radius 2 is 2.05 bits per heavy atom. The molecule has 0 fully saturated rings. The van der Waals surface area contributed by atoms with Crippen LogP contribution >= 0.6 is 0 Å². The van der Waals surface area contributed by atoms with Gasteiger partial charge in [-0.15, -0.1) is 0 Å². The third-order valence-electron chi connectivity index (χ3n) is 4.08. The van der Waals surface area contributed by atoms with Crippen molar-refractivity contribution in [1.82, 2.24) is 0 Å². The Hall–Kier alpha value is -1.70. The highest BCUT2D eigenvalue weighted by Gasteiger charge is 2.26. The van der Waals surface area contributed by atoms with Gasteiger partial charge in [0.2, 0.25) is 0 Å². The van der Waals surface area contributed by atoms with Crippen LogP contribution in [0.1, 0.15) is 51.5 Å². The average Bonchev–Trinajstić information content (AvgIpc) is 2.37. The Morgan fingerprint density at radius 3 is 2.70 bits per heavy atom. The van der Waals surface area contributed by atoms with Gasteiger partial charge < -0.3 is 10.2 Å². The van der Waals surface area contributed by atoms with Crippen LogP contribution in [0.5, 0.6) is 11.5 Å². The molecular weight excluding hydrogens is 248 g/mol. The predicted molar refractivity (Wildman–Crippen MR) is 83.0 cm³/mol. The van der Waals surface area contributed by atoms with E-state index < -0.39 is 0 Å². The second-order valence-corrected chi connectivity index (χ2v) is 6.10. The molecule has 2 rings (SSSR count). The van der Waals surface area contributed by atoms with E-state index in [0.717, 1.165) is 24.8 Å². The fraction of sp³-hybridized carbons (Fsp3) is 0.444. The van der Waals surface area contributed by atoms with Crippen LogP contribution in [0.25, 0.3) is 0 Å². The molecule has 0 aromatic heterocycles. The molecule has 2 N–H and O–H groups in total. The molecule has 0 bridgehead atoms. The first-order valence-corrected chi connectivity index (χ1v) is 7.30. The first-order chi connectivity index (χ1) is 9.47. The molecule has 0 saturated carbocycles. The van der Waals surface area contributed by atoms with Crippen molar-refractivity contribution >= 4 is 0 Å². The molecule has 0 amide bonds. The topological polar surface area (TPSA) is 40.5 Å². The number of hydrogen-bond donors (Lipinski definition) is 2. The number of phenols is 2. The summed E-state index contributed by atoms with van der Waals surface area (Å²) in [5, 5.41) is 19.6. The van der Waals surface area contributed by atoms with Crippen LogP contribution in [0.2, 0.25) is 0 Å². The summed E-state index contributed by atoms with van der Waals surface area (Å²) >= 11 is 0. The van der Waals surface area contributed by atoms with Gasteiger partial charge in [-0.1, -0.05) is 29.4 Å². The van der Waals surface area contributed by atoms with Crippen molar-refractivity contribution < 1.29 is 10.2 Å². The number of allylic oxidation sites excluding steroid dienone is 4. The summed E-state index contributed by atoms with van der Waals surface area (Å²) in [4.78, 5) is 0. The van der Waals surface area contributed by atoms with Crippen LogP contribution in [-0.4, -0.2) is 10.2 Å². The maximum Gasteiger partial charge on any atom is 0.123 e. The first-order valence-electron chi connectivity index (χ1n) is 7.30. The lowest BCUT2D eigenvalue weighted by atomic mass is 9.75. The second kappa shape index (κ2) is 6.17. The van der Waals surface area contributed by atoms with Crippen LogP contribution in [0, 0.1) is 5.92 Å². The van der Waals surface area contributed by atoms with E-state index in [0.29, 0.717) is 5.92 Å². The summed E-state index contributed by atoms with van der Waals surface area (Å²) in [5.41, 5.74) is 3.65. The zero-order valence-corrected chi connectivity index (χ0v) is 12.6. The van der Waals surface area contributed by atoms with E-state index in [1.807, 2.05) is 6.07 Å². The number of hydrogen-bond acceptors (Lipinski definition) is 2. The van der Waals surface area contributed by atoms with Crippen LogP contribution in [0.15, 0.2) is 41.5 Å². The second-order valence-electron chi connectivity index (χ2n) is 6.10. The van der Waals surface area contributed by atoms with Crippen molar-refractivity contribution in [3.8, 4) is 11.5 Å². The molecule has 108 valence electrons. The maximum absolute atomic E-state index is 10.1. The number of aromatic hydroxyl groups is 2. The van der Waals surface area contributed by atoms with Gasteiger partial charge in [-0.2, -0.15) is 0 Å².